The fourth-order valence-corrected chi connectivity index (χ4v) is 8.17. The van der Waals surface area contributed by atoms with Crippen molar-refractivity contribution in [2.24, 2.45) is 15.3 Å². The van der Waals surface area contributed by atoms with E-state index in [1.54, 1.807) is 36.8 Å². The number of unbranched alkanes of at least 4 members (excludes halogenated alkanes) is 1. The highest BCUT2D eigenvalue weighted by Crippen LogP contribution is 2.26. The first-order valence-electron chi connectivity index (χ1n) is 26.3. The number of allylic oxidation sites excluding steroid dienone is 1. The van der Waals surface area contributed by atoms with Gasteiger partial charge in [0, 0.05) is 22.9 Å². The van der Waals surface area contributed by atoms with Crippen LogP contribution in [0.1, 0.15) is 94.1 Å². The molecule has 9 rings (SSSR count). The first-order valence-corrected chi connectivity index (χ1v) is 27.4. The molecule has 0 atom stereocenters. The number of benzene rings is 8. The highest BCUT2D eigenvalue weighted by Gasteiger charge is 2.10. The highest BCUT2D eigenvalue weighted by atomic mass is 35.5. The van der Waals surface area contributed by atoms with Gasteiger partial charge in [-0.3, -0.25) is 19.4 Å². The van der Waals surface area contributed by atoms with E-state index in [9.17, 15) is 34.8 Å². The topological polar surface area (TPSA) is 218 Å². The lowest BCUT2D eigenvalue weighted by molar-refractivity contribution is 0.0947. The number of aromatic hydroxyl groups is 4. The molecular formula is C68H56Cl3N7O7. The summed E-state index contributed by atoms with van der Waals surface area (Å²) in [6, 6.07) is 59.0. The predicted octanol–water partition coefficient (Wildman–Crippen LogP) is 14.9. The molecule has 9 aromatic rings. The zero-order valence-corrected chi connectivity index (χ0v) is 47.7. The van der Waals surface area contributed by atoms with Crippen LogP contribution in [0.2, 0.25) is 15.1 Å². The maximum absolute atomic E-state index is 12.1. The van der Waals surface area contributed by atoms with Crippen LogP contribution in [0.15, 0.2) is 228 Å². The molecule has 0 unspecified atom stereocenters. The Kier molecular flexibility index (Phi) is 24.1. The molecule has 8 aromatic carbocycles. The minimum atomic E-state index is -0.432. The number of aryl methyl sites for hydroxylation is 1. The van der Waals surface area contributed by atoms with Crippen molar-refractivity contribution in [1.29, 1.82) is 0 Å². The van der Waals surface area contributed by atoms with Crippen molar-refractivity contribution in [3.8, 4) is 23.0 Å². The van der Waals surface area contributed by atoms with E-state index in [1.165, 1.54) is 66.4 Å². The molecule has 1 aromatic heterocycles. The summed E-state index contributed by atoms with van der Waals surface area (Å²) in [6.07, 6.45) is 21.6. The lowest BCUT2D eigenvalue weighted by Crippen LogP contribution is -2.17. The first-order chi connectivity index (χ1) is 41.2. The maximum Gasteiger partial charge on any atom is 0.271 e. The van der Waals surface area contributed by atoms with Gasteiger partial charge in [-0.05, 0) is 167 Å². The summed E-state index contributed by atoms with van der Waals surface area (Å²) in [5.41, 5.74) is 16.9. The minimum absolute atomic E-state index is 0.0679. The van der Waals surface area contributed by atoms with Crippen LogP contribution in [-0.4, -0.2) is 61.8 Å². The van der Waals surface area contributed by atoms with E-state index in [4.69, 9.17) is 34.8 Å². The molecule has 1 heterocycles. The van der Waals surface area contributed by atoms with Gasteiger partial charge in [-0.15, -0.1) is 0 Å². The van der Waals surface area contributed by atoms with Gasteiger partial charge in [0.2, 0.25) is 0 Å². The molecule has 0 aliphatic rings. The summed E-state index contributed by atoms with van der Waals surface area (Å²) in [7, 11) is 0. The molecule has 0 aliphatic heterocycles. The van der Waals surface area contributed by atoms with Crippen LogP contribution in [0.4, 0.5) is 0 Å². The summed E-state index contributed by atoms with van der Waals surface area (Å²) in [6.45, 7) is 0. The largest absolute Gasteiger partial charge is 0.508 e. The molecule has 17 heteroatoms. The number of hydrazone groups is 3. The fraction of sp³-hybridized carbons (Fsp3) is 0.0441. The van der Waals surface area contributed by atoms with Gasteiger partial charge >= 0.3 is 0 Å². The van der Waals surface area contributed by atoms with Crippen LogP contribution >= 0.6 is 34.8 Å². The Labute approximate surface area is 506 Å². The zero-order chi connectivity index (χ0) is 60.2. The molecular weight excluding hydrogens is 1130 g/mol. The number of nitrogens with one attached hydrogen (secondary N) is 3. The molecule has 3 amide bonds. The van der Waals surface area contributed by atoms with E-state index in [0.29, 0.717) is 16.7 Å². The van der Waals surface area contributed by atoms with Gasteiger partial charge in [-0.2, -0.15) is 15.3 Å². The third-order valence-electron chi connectivity index (χ3n) is 12.0. The average Bonchev–Trinajstić information content (AvgIpc) is 3.59. The Morgan fingerprint density at radius 2 is 0.812 bits per heavy atom. The van der Waals surface area contributed by atoms with Crippen LogP contribution in [0, 0.1) is 0 Å². The maximum atomic E-state index is 12.1. The van der Waals surface area contributed by atoms with Crippen molar-refractivity contribution in [2.45, 2.75) is 19.3 Å². The number of phenolic OH excluding ortho intramolecular Hbond substituents is 4. The van der Waals surface area contributed by atoms with Crippen molar-refractivity contribution < 1.29 is 34.8 Å². The number of nitrogens with zero attached hydrogens (tertiary/aromatic N) is 4. The Morgan fingerprint density at radius 3 is 1.24 bits per heavy atom. The van der Waals surface area contributed by atoms with Crippen LogP contribution in [0.25, 0.3) is 30.4 Å². The van der Waals surface area contributed by atoms with Gasteiger partial charge in [0.1, 0.15) is 23.0 Å². The predicted molar refractivity (Wildman–Crippen MR) is 342 cm³/mol. The van der Waals surface area contributed by atoms with E-state index in [0.717, 1.165) is 63.9 Å². The summed E-state index contributed by atoms with van der Waals surface area (Å²) in [5, 5.41) is 50.0. The smallest absolute Gasteiger partial charge is 0.271 e. The number of pyridine rings is 1. The molecule has 14 nitrogen and oxygen atoms in total. The summed E-state index contributed by atoms with van der Waals surface area (Å²) < 4.78 is 0. The van der Waals surface area contributed by atoms with Crippen molar-refractivity contribution in [2.75, 3.05) is 0 Å². The normalized spacial score (nSPS) is 11.2. The molecule has 0 aliphatic carbocycles. The van der Waals surface area contributed by atoms with E-state index in [2.05, 4.69) is 73.0 Å². The summed E-state index contributed by atoms with van der Waals surface area (Å²) >= 11 is 17.4. The zero-order valence-electron chi connectivity index (χ0n) is 45.4. The van der Waals surface area contributed by atoms with E-state index < -0.39 is 17.7 Å². The highest BCUT2D eigenvalue weighted by molar-refractivity contribution is 6.33. The lowest BCUT2D eigenvalue weighted by atomic mass is 10.1. The molecule has 85 heavy (non-hydrogen) atoms. The number of carbonyl (C=O) groups is 3. The third-order valence-corrected chi connectivity index (χ3v) is 12.9. The van der Waals surface area contributed by atoms with Crippen LogP contribution < -0.4 is 16.3 Å². The number of halogens is 3. The van der Waals surface area contributed by atoms with E-state index in [1.807, 2.05) is 127 Å². The van der Waals surface area contributed by atoms with Crippen molar-refractivity contribution in [3.63, 3.8) is 0 Å². The first kappa shape index (κ1) is 62.2. The molecule has 0 spiro atoms. The lowest BCUT2D eigenvalue weighted by Gasteiger charge is -2.02. The summed E-state index contributed by atoms with van der Waals surface area (Å²) in [4.78, 5) is 40.4. The fourth-order valence-electron chi connectivity index (χ4n) is 7.63. The SMILES string of the molecule is O=C(N/N=C/c1cccc(/C=C/CCCc2ccccc2)c1)c1ccc(O)c(Cl)c1.O=C(N/N=C/c1cccc(/C=C/c2cccc(O)c2)c1)c1ccc(O)c(Cl)c1.O=C(N/N=C/c1cccc(/C=C/c2ccccn2)c1)c1ccc(O)c(Cl)c1. The van der Waals surface area contributed by atoms with Gasteiger partial charge in [0.05, 0.1) is 39.4 Å². The Morgan fingerprint density at radius 1 is 0.412 bits per heavy atom. The van der Waals surface area contributed by atoms with Gasteiger partial charge in [-0.1, -0.05) is 168 Å². The van der Waals surface area contributed by atoms with Gasteiger partial charge in [-0.25, -0.2) is 16.3 Å². The molecule has 0 saturated carbocycles. The van der Waals surface area contributed by atoms with Gasteiger partial charge in [0.25, 0.3) is 17.7 Å². The molecule has 0 radical (unpaired) electrons. The average molecular weight is 1190 g/mol. The standard InChI is InChI=1S/C25H23ClN2O2.C22H17ClN2O3.C21H16ClN3O2/c26-23-17-22(14-15-24(23)29)25(30)28-27-18-21-13-7-12-20(16-21)11-6-2-5-10-19-8-3-1-4-9-19;23-20-13-18(9-10-21(20)27)22(28)25-24-14-17-5-1-3-15(11-17)7-8-16-4-2-6-19(26)12-16;22-19-13-17(8-10-20(19)26)21(27)25-24-14-16-5-3-4-15(12-16)7-9-18-6-1-2-11-23-18/h1,3-4,6-9,11-18,29H,2,5,10H2,(H,28,30);1-14,26-27H,(H,25,28);1-14,26H,(H,25,27)/b11-6+,27-18+;8-7+,24-14+;9-7+,24-14+. The molecule has 426 valence electrons. The van der Waals surface area contributed by atoms with Crippen LogP contribution in [0.3, 0.4) is 0 Å². The van der Waals surface area contributed by atoms with Crippen molar-refractivity contribution in [3.05, 3.63) is 294 Å². The Hall–Kier alpha value is -10.4. The quantitative estimate of drug-likeness (QED) is 0.0189. The molecule has 0 bridgehead atoms. The second-order valence-corrected chi connectivity index (χ2v) is 19.6. The molecule has 0 saturated heterocycles. The molecule has 7 N–H and O–H groups in total. The second kappa shape index (κ2) is 32.9. The number of hydrogen-bond donors (Lipinski definition) is 7. The van der Waals surface area contributed by atoms with Crippen molar-refractivity contribution >= 4 is 102 Å². The van der Waals surface area contributed by atoms with E-state index in [-0.39, 0.29) is 38.1 Å². The summed E-state index contributed by atoms with van der Waals surface area (Å²) in [5.74, 6) is -1.26. The third kappa shape index (κ3) is 21.5. The monoisotopic (exact) mass is 1190 g/mol. The number of rotatable bonds is 18. The van der Waals surface area contributed by atoms with Crippen LogP contribution in [-0.2, 0) is 6.42 Å². The molecule has 0 fully saturated rings. The number of phenols is 4. The number of carbonyl (C=O) groups excluding carboxylic acids is 3. The van der Waals surface area contributed by atoms with E-state index >= 15 is 0 Å². The Bertz CT molecular complexity index is 3910. The second-order valence-electron chi connectivity index (χ2n) is 18.4. The Balaban J connectivity index is 0.000000183. The number of aromatic nitrogens is 1. The number of hydrogen-bond acceptors (Lipinski definition) is 11. The minimum Gasteiger partial charge on any atom is -0.508 e. The van der Waals surface area contributed by atoms with Gasteiger partial charge < -0.3 is 20.4 Å². The van der Waals surface area contributed by atoms with Gasteiger partial charge in [0.15, 0.2) is 0 Å². The van der Waals surface area contributed by atoms with Crippen LogP contribution in [0.5, 0.6) is 23.0 Å². The van der Waals surface area contributed by atoms with Crippen molar-refractivity contribution in [1.82, 2.24) is 21.3 Å². The number of amides is 3.